The average molecular weight is 429 g/mol. The number of piperidine rings is 1. The van der Waals surface area contributed by atoms with Crippen LogP contribution in [0.5, 0.6) is 0 Å². The predicted molar refractivity (Wildman–Crippen MR) is 116 cm³/mol. The van der Waals surface area contributed by atoms with Crippen LogP contribution in [0.2, 0.25) is 0 Å². The van der Waals surface area contributed by atoms with Gasteiger partial charge in [0.05, 0.1) is 22.5 Å². The second-order valence-corrected chi connectivity index (χ2v) is 8.93. The summed E-state index contributed by atoms with van der Waals surface area (Å²) in [6, 6.07) is 3.10. The van der Waals surface area contributed by atoms with Gasteiger partial charge < -0.3 is 16.0 Å². The average Bonchev–Trinajstić information content (AvgIpc) is 3.12. The molecule has 1 amide bonds. The van der Waals surface area contributed by atoms with Gasteiger partial charge in [0.2, 0.25) is 5.95 Å². The number of nitrogens with zero attached hydrogens (tertiary/aromatic N) is 3. The maximum absolute atomic E-state index is 13.5. The molecule has 1 unspecified atom stereocenters. The standard InChI is InChI=1S/C21H25FN6OS/c1-12-7-17-19(30-12)18(20(29)25-9-14-3-5-23-6-4-14)28-21(27-17)26-13(2)15-8-16(22)11-24-10-15/h7-8,10-11,13-14,23H,3-6,9H2,1-2H3,(H,25,29)(H,26,27,28). The van der Waals surface area contributed by atoms with Crippen molar-refractivity contribution in [2.24, 2.45) is 5.92 Å². The number of hydrogen-bond donors (Lipinski definition) is 3. The Morgan fingerprint density at radius 1 is 1.30 bits per heavy atom. The van der Waals surface area contributed by atoms with Gasteiger partial charge in [-0.25, -0.2) is 14.4 Å². The molecule has 0 spiro atoms. The first-order chi connectivity index (χ1) is 14.5. The lowest BCUT2D eigenvalue weighted by atomic mass is 9.98. The highest BCUT2D eigenvalue weighted by atomic mass is 32.1. The number of fused-ring (bicyclic) bond motifs is 1. The molecule has 7 nitrogen and oxygen atoms in total. The van der Waals surface area contributed by atoms with Crippen molar-refractivity contribution in [3.63, 3.8) is 0 Å². The maximum Gasteiger partial charge on any atom is 0.271 e. The number of thiophene rings is 1. The fourth-order valence-corrected chi connectivity index (χ4v) is 4.55. The van der Waals surface area contributed by atoms with Crippen molar-refractivity contribution in [1.29, 1.82) is 0 Å². The van der Waals surface area contributed by atoms with Crippen LogP contribution < -0.4 is 16.0 Å². The fraction of sp³-hybridized carbons (Fsp3) is 0.429. The molecule has 30 heavy (non-hydrogen) atoms. The number of aromatic nitrogens is 3. The molecule has 3 aromatic heterocycles. The third-order valence-electron chi connectivity index (χ3n) is 5.29. The highest BCUT2D eigenvalue weighted by Gasteiger charge is 2.20. The summed E-state index contributed by atoms with van der Waals surface area (Å²) in [6.07, 6.45) is 4.88. The number of aryl methyl sites for hydroxylation is 1. The van der Waals surface area contributed by atoms with E-state index in [0.717, 1.165) is 47.2 Å². The molecule has 4 heterocycles. The van der Waals surface area contributed by atoms with Crippen molar-refractivity contribution in [3.05, 3.63) is 46.5 Å². The molecule has 1 saturated heterocycles. The Morgan fingerprint density at radius 2 is 2.10 bits per heavy atom. The van der Waals surface area contributed by atoms with Gasteiger partial charge in [-0.15, -0.1) is 11.3 Å². The van der Waals surface area contributed by atoms with Crippen molar-refractivity contribution in [1.82, 2.24) is 25.6 Å². The van der Waals surface area contributed by atoms with Crippen LogP contribution in [0.1, 0.15) is 46.7 Å². The third kappa shape index (κ3) is 4.73. The SMILES string of the molecule is Cc1cc2nc(NC(C)c3cncc(F)c3)nc(C(=O)NCC3CCNCC3)c2s1. The van der Waals surface area contributed by atoms with Crippen LogP contribution in [0.25, 0.3) is 10.2 Å². The Hall–Kier alpha value is -2.65. The number of nitrogens with one attached hydrogen (secondary N) is 3. The topological polar surface area (TPSA) is 91.8 Å². The monoisotopic (exact) mass is 428 g/mol. The number of pyridine rings is 1. The number of halogens is 1. The molecular formula is C21H25FN6OS. The first-order valence-corrected chi connectivity index (χ1v) is 11.0. The highest BCUT2D eigenvalue weighted by Crippen LogP contribution is 2.28. The van der Waals surface area contributed by atoms with Gasteiger partial charge in [0.15, 0.2) is 5.69 Å². The largest absolute Gasteiger partial charge is 0.350 e. The molecule has 3 aromatic rings. The van der Waals surface area contributed by atoms with Crippen molar-refractivity contribution in [2.45, 2.75) is 32.7 Å². The molecule has 0 bridgehead atoms. The van der Waals surface area contributed by atoms with Crippen molar-refractivity contribution in [3.8, 4) is 0 Å². The number of amides is 1. The minimum Gasteiger partial charge on any atom is -0.350 e. The van der Waals surface area contributed by atoms with Crippen LogP contribution in [0.15, 0.2) is 24.5 Å². The van der Waals surface area contributed by atoms with E-state index in [2.05, 4.69) is 30.9 Å². The first kappa shape index (κ1) is 20.6. The van der Waals surface area contributed by atoms with E-state index in [1.807, 2.05) is 19.9 Å². The smallest absolute Gasteiger partial charge is 0.271 e. The molecule has 1 fully saturated rings. The normalized spacial score (nSPS) is 15.8. The summed E-state index contributed by atoms with van der Waals surface area (Å²) in [4.78, 5) is 27.0. The molecule has 0 aliphatic carbocycles. The van der Waals surface area contributed by atoms with E-state index in [0.29, 0.717) is 29.7 Å². The van der Waals surface area contributed by atoms with Crippen LogP contribution in [-0.2, 0) is 0 Å². The van der Waals surface area contributed by atoms with Crippen molar-refractivity contribution >= 4 is 33.4 Å². The van der Waals surface area contributed by atoms with Gasteiger partial charge >= 0.3 is 0 Å². The second-order valence-electron chi connectivity index (χ2n) is 7.67. The van der Waals surface area contributed by atoms with Crippen LogP contribution in [0.4, 0.5) is 10.3 Å². The lowest BCUT2D eigenvalue weighted by Crippen LogP contribution is -2.36. The van der Waals surface area contributed by atoms with E-state index in [1.54, 1.807) is 6.20 Å². The second kappa shape index (κ2) is 9.01. The van der Waals surface area contributed by atoms with Gasteiger partial charge in [0, 0.05) is 17.6 Å². The van der Waals surface area contributed by atoms with Gasteiger partial charge in [-0.1, -0.05) is 0 Å². The Labute approximate surface area is 178 Å². The minimum atomic E-state index is -0.399. The molecule has 158 valence electrons. The van der Waals surface area contributed by atoms with Gasteiger partial charge in [0.1, 0.15) is 5.82 Å². The molecule has 0 saturated carbocycles. The van der Waals surface area contributed by atoms with Crippen LogP contribution >= 0.6 is 11.3 Å². The molecule has 0 aromatic carbocycles. The molecule has 1 aliphatic rings. The molecule has 0 radical (unpaired) electrons. The van der Waals surface area contributed by atoms with Crippen LogP contribution in [-0.4, -0.2) is 40.5 Å². The summed E-state index contributed by atoms with van der Waals surface area (Å²) in [5, 5.41) is 9.56. The van der Waals surface area contributed by atoms with Crippen LogP contribution in [0.3, 0.4) is 0 Å². The number of rotatable bonds is 6. The number of carbonyl (C=O) groups excluding carboxylic acids is 1. The van der Waals surface area contributed by atoms with Gasteiger partial charge in [0.25, 0.3) is 5.91 Å². The first-order valence-electron chi connectivity index (χ1n) is 10.1. The number of carbonyl (C=O) groups is 1. The lowest BCUT2D eigenvalue weighted by Gasteiger charge is -2.22. The van der Waals surface area contributed by atoms with E-state index in [4.69, 9.17) is 0 Å². The molecule has 3 N–H and O–H groups in total. The fourth-order valence-electron chi connectivity index (χ4n) is 3.62. The summed E-state index contributed by atoms with van der Waals surface area (Å²) < 4.78 is 14.3. The maximum atomic E-state index is 13.5. The van der Waals surface area contributed by atoms with Gasteiger partial charge in [-0.2, -0.15) is 0 Å². The summed E-state index contributed by atoms with van der Waals surface area (Å²) in [6.45, 7) is 6.48. The zero-order chi connectivity index (χ0) is 21.1. The zero-order valence-corrected chi connectivity index (χ0v) is 17.9. The summed E-state index contributed by atoms with van der Waals surface area (Å²) in [7, 11) is 0. The molecule has 9 heteroatoms. The summed E-state index contributed by atoms with van der Waals surface area (Å²) in [5.74, 6) is 0.231. The van der Waals surface area contributed by atoms with E-state index < -0.39 is 5.82 Å². The Bertz CT molecular complexity index is 1050. The quantitative estimate of drug-likeness (QED) is 0.557. The van der Waals surface area contributed by atoms with Crippen molar-refractivity contribution < 1.29 is 9.18 Å². The van der Waals surface area contributed by atoms with E-state index in [1.165, 1.54) is 17.4 Å². The molecule has 1 aliphatic heterocycles. The predicted octanol–water partition coefficient (Wildman–Crippen LogP) is 3.44. The summed E-state index contributed by atoms with van der Waals surface area (Å²) in [5.41, 5.74) is 1.78. The summed E-state index contributed by atoms with van der Waals surface area (Å²) >= 11 is 1.51. The highest BCUT2D eigenvalue weighted by molar-refractivity contribution is 7.19. The molecule has 4 rings (SSSR count). The Morgan fingerprint density at radius 3 is 2.87 bits per heavy atom. The van der Waals surface area contributed by atoms with Crippen LogP contribution in [0, 0.1) is 18.7 Å². The van der Waals surface area contributed by atoms with Gasteiger partial charge in [-0.3, -0.25) is 9.78 Å². The van der Waals surface area contributed by atoms with Gasteiger partial charge in [-0.05, 0) is 63.4 Å². The van der Waals surface area contributed by atoms with E-state index in [-0.39, 0.29) is 11.9 Å². The van der Waals surface area contributed by atoms with Crippen molar-refractivity contribution in [2.75, 3.05) is 25.0 Å². The molecule has 1 atom stereocenters. The molecular weight excluding hydrogens is 403 g/mol. The number of anilines is 1. The Kier molecular flexibility index (Phi) is 6.19. The lowest BCUT2D eigenvalue weighted by molar-refractivity contribution is 0.0941. The zero-order valence-electron chi connectivity index (χ0n) is 17.0. The third-order valence-corrected chi connectivity index (χ3v) is 6.34. The number of hydrogen-bond acceptors (Lipinski definition) is 7. The van der Waals surface area contributed by atoms with E-state index >= 15 is 0 Å². The Balaban J connectivity index is 1.56. The van der Waals surface area contributed by atoms with E-state index in [9.17, 15) is 9.18 Å². The minimum absolute atomic E-state index is 0.189.